The van der Waals surface area contributed by atoms with Crippen LogP contribution >= 0.6 is 11.6 Å². The molecule has 0 aliphatic rings. The average molecular weight is 219 g/mol. The largest absolute Gasteiger partial charge is 0.392 e. The zero-order chi connectivity index (χ0) is 10.7. The van der Waals surface area contributed by atoms with E-state index in [1.54, 1.807) is 6.08 Å². The molecule has 0 aromatic heterocycles. The van der Waals surface area contributed by atoms with Gasteiger partial charge in [-0.05, 0) is 17.0 Å². The Morgan fingerprint density at radius 3 is 2.60 bits per heavy atom. The molecule has 0 heterocycles. The maximum atomic E-state index is 8.75. The van der Waals surface area contributed by atoms with Crippen LogP contribution in [0.1, 0.15) is 5.56 Å². The maximum Gasteiger partial charge on any atom is 0.0615 e. The molecule has 0 amide bonds. The molecule has 76 valence electrons. The molecule has 0 fully saturated rings. The quantitative estimate of drug-likeness (QED) is 0.818. The van der Waals surface area contributed by atoms with Crippen molar-refractivity contribution in [3.05, 3.63) is 53.1 Å². The zero-order valence-electron chi connectivity index (χ0n) is 8.15. The smallest absolute Gasteiger partial charge is 0.0615 e. The van der Waals surface area contributed by atoms with Gasteiger partial charge >= 0.3 is 0 Å². The molecule has 0 saturated heterocycles. The SMILES string of the molecule is OCC=Cc1cccc2cccc(Cl)c12. The van der Waals surface area contributed by atoms with Crippen LogP contribution in [-0.2, 0) is 0 Å². The number of aliphatic hydroxyl groups excluding tert-OH is 1. The lowest BCUT2D eigenvalue weighted by Crippen LogP contribution is -1.80. The number of halogens is 1. The Bertz CT molecular complexity index is 498. The molecule has 1 nitrogen and oxygen atoms in total. The number of hydrogen-bond acceptors (Lipinski definition) is 1. The molecule has 0 radical (unpaired) electrons. The van der Waals surface area contributed by atoms with Gasteiger partial charge in [-0.1, -0.05) is 54.1 Å². The van der Waals surface area contributed by atoms with Crippen molar-refractivity contribution in [2.45, 2.75) is 0 Å². The van der Waals surface area contributed by atoms with Crippen LogP contribution in [-0.4, -0.2) is 11.7 Å². The van der Waals surface area contributed by atoms with Gasteiger partial charge in [-0.25, -0.2) is 0 Å². The Labute approximate surface area is 93.6 Å². The summed E-state index contributed by atoms with van der Waals surface area (Å²) in [6, 6.07) is 11.8. The third kappa shape index (κ3) is 2.04. The Balaban J connectivity index is 2.68. The summed E-state index contributed by atoms with van der Waals surface area (Å²) in [4.78, 5) is 0. The second-order valence-corrected chi connectivity index (χ2v) is 3.68. The molecule has 0 bridgehead atoms. The number of hydrogen-bond donors (Lipinski definition) is 1. The van der Waals surface area contributed by atoms with Crippen molar-refractivity contribution in [1.82, 2.24) is 0 Å². The normalized spacial score (nSPS) is 11.3. The van der Waals surface area contributed by atoms with Gasteiger partial charge in [0.1, 0.15) is 0 Å². The van der Waals surface area contributed by atoms with Crippen molar-refractivity contribution >= 4 is 28.4 Å². The van der Waals surface area contributed by atoms with Crippen molar-refractivity contribution in [3.63, 3.8) is 0 Å². The Hall–Kier alpha value is -1.31. The number of rotatable bonds is 2. The molecule has 2 heteroatoms. The van der Waals surface area contributed by atoms with Gasteiger partial charge in [0.25, 0.3) is 0 Å². The van der Waals surface area contributed by atoms with Crippen LogP contribution in [0.2, 0.25) is 5.02 Å². The maximum absolute atomic E-state index is 8.75. The summed E-state index contributed by atoms with van der Waals surface area (Å²) in [5.74, 6) is 0. The number of benzene rings is 2. The van der Waals surface area contributed by atoms with E-state index in [0.717, 1.165) is 21.4 Å². The molecule has 0 aliphatic heterocycles. The van der Waals surface area contributed by atoms with E-state index in [0.29, 0.717) is 0 Å². The summed E-state index contributed by atoms with van der Waals surface area (Å²) < 4.78 is 0. The van der Waals surface area contributed by atoms with Crippen molar-refractivity contribution in [2.75, 3.05) is 6.61 Å². The zero-order valence-corrected chi connectivity index (χ0v) is 8.91. The molecule has 0 saturated carbocycles. The Kier molecular flexibility index (Phi) is 3.05. The molecule has 2 aromatic rings. The van der Waals surface area contributed by atoms with E-state index in [1.165, 1.54) is 0 Å². The summed E-state index contributed by atoms with van der Waals surface area (Å²) in [6.45, 7) is 0.0425. The predicted octanol–water partition coefficient (Wildman–Crippen LogP) is 3.50. The first-order chi connectivity index (χ1) is 7.33. The van der Waals surface area contributed by atoms with E-state index in [9.17, 15) is 0 Å². The van der Waals surface area contributed by atoms with Crippen molar-refractivity contribution < 1.29 is 5.11 Å². The van der Waals surface area contributed by atoms with E-state index in [4.69, 9.17) is 16.7 Å². The molecule has 0 spiro atoms. The summed E-state index contributed by atoms with van der Waals surface area (Å²) in [5, 5.41) is 11.6. The lowest BCUT2D eigenvalue weighted by molar-refractivity contribution is 0.343. The fraction of sp³-hybridized carbons (Fsp3) is 0.0769. The molecule has 0 atom stereocenters. The van der Waals surface area contributed by atoms with Crippen LogP contribution in [0, 0.1) is 0 Å². The first-order valence-electron chi connectivity index (χ1n) is 4.77. The molecule has 2 rings (SSSR count). The molecular formula is C13H11ClO. The van der Waals surface area contributed by atoms with Crippen LogP contribution in [0.3, 0.4) is 0 Å². The molecule has 0 aliphatic carbocycles. The van der Waals surface area contributed by atoms with E-state index >= 15 is 0 Å². The molecule has 2 aromatic carbocycles. The first-order valence-corrected chi connectivity index (χ1v) is 5.15. The molecule has 0 unspecified atom stereocenters. The summed E-state index contributed by atoms with van der Waals surface area (Å²) in [6.07, 6.45) is 3.59. The third-order valence-electron chi connectivity index (χ3n) is 2.29. The summed E-state index contributed by atoms with van der Waals surface area (Å²) >= 11 is 6.14. The second kappa shape index (κ2) is 4.47. The van der Waals surface area contributed by atoms with Crippen LogP contribution in [0.25, 0.3) is 16.8 Å². The summed E-state index contributed by atoms with van der Waals surface area (Å²) in [5.41, 5.74) is 1.03. The standard InChI is InChI=1S/C13H11ClO/c14-12-8-2-6-10-4-1-5-11(13(10)12)7-3-9-15/h1-8,15H,9H2. The van der Waals surface area contributed by atoms with Gasteiger partial charge in [0, 0.05) is 10.4 Å². The van der Waals surface area contributed by atoms with Crippen LogP contribution in [0.4, 0.5) is 0 Å². The fourth-order valence-electron chi connectivity index (χ4n) is 1.64. The van der Waals surface area contributed by atoms with Gasteiger partial charge in [0.15, 0.2) is 0 Å². The van der Waals surface area contributed by atoms with E-state index in [2.05, 4.69) is 0 Å². The third-order valence-corrected chi connectivity index (χ3v) is 2.60. The second-order valence-electron chi connectivity index (χ2n) is 3.27. The first kappa shape index (κ1) is 10.2. The van der Waals surface area contributed by atoms with Gasteiger partial charge in [0.05, 0.1) is 6.61 Å². The van der Waals surface area contributed by atoms with Crippen molar-refractivity contribution in [1.29, 1.82) is 0 Å². The van der Waals surface area contributed by atoms with Gasteiger partial charge in [-0.2, -0.15) is 0 Å². The van der Waals surface area contributed by atoms with E-state index in [-0.39, 0.29) is 6.61 Å². The minimum absolute atomic E-state index is 0.0425. The lowest BCUT2D eigenvalue weighted by Gasteiger charge is -2.03. The lowest BCUT2D eigenvalue weighted by atomic mass is 10.0. The predicted molar refractivity (Wildman–Crippen MR) is 65.1 cm³/mol. The van der Waals surface area contributed by atoms with Gasteiger partial charge < -0.3 is 5.11 Å². The highest BCUT2D eigenvalue weighted by atomic mass is 35.5. The number of aliphatic hydroxyl groups is 1. The molecule has 1 N–H and O–H groups in total. The van der Waals surface area contributed by atoms with Crippen molar-refractivity contribution in [3.8, 4) is 0 Å². The minimum atomic E-state index is 0.0425. The van der Waals surface area contributed by atoms with Crippen LogP contribution in [0.5, 0.6) is 0 Å². The average Bonchev–Trinajstić information content (AvgIpc) is 2.26. The van der Waals surface area contributed by atoms with Crippen LogP contribution in [0.15, 0.2) is 42.5 Å². The summed E-state index contributed by atoms with van der Waals surface area (Å²) in [7, 11) is 0. The van der Waals surface area contributed by atoms with Crippen molar-refractivity contribution in [2.24, 2.45) is 0 Å². The minimum Gasteiger partial charge on any atom is -0.392 e. The Morgan fingerprint density at radius 1 is 1.13 bits per heavy atom. The van der Waals surface area contributed by atoms with E-state index < -0.39 is 0 Å². The van der Waals surface area contributed by atoms with E-state index in [1.807, 2.05) is 42.5 Å². The molecular weight excluding hydrogens is 208 g/mol. The highest BCUT2D eigenvalue weighted by Crippen LogP contribution is 2.27. The van der Waals surface area contributed by atoms with Gasteiger partial charge in [0.2, 0.25) is 0 Å². The monoisotopic (exact) mass is 218 g/mol. The number of fused-ring (bicyclic) bond motifs is 1. The Morgan fingerprint density at radius 2 is 1.87 bits per heavy atom. The highest BCUT2D eigenvalue weighted by Gasteiger charge is 2.01. The van der Waals surface area contributed by atoms with Gasteiger partial charge in [-0.15, -0.1) is 0 Å². The topological polar surface area (TPSA) is 20.2 Å². The fourth-order valence-corrected chi connectivity index (χ4v) is 1.93. The highest BCUT2D eigenvalue weighted by molar-refractivity contribution is 6.36. The van der Waals surface area contributed by atoms with Crippen LogP contribution < -0.4 is 0 Å². The van der Waals surface area contributed by atoms with Gasteiger partial charge in [-0.3, -0.25) is 0 Å². The molecule has 15 heavy (non-hydrogen) atoms.